The molecule has 122 valence electrons. The molecular formula is C18H27NO2S. The van der Waals surface area contributed by atoms with Crippen LogP contribution in [0.5, 0.6) is 5.75 Å². The molecule has 1 aliphatic rings. The molecule has 1 unspecified atom stereocenters. The molecule has 2 N–H and O–H groups in total. The van der Waals surface area contributed by atoms with E-state index in [0.717, 1.165) is 24.1 Å². The summed E-state index contributed by atoms with van der Waals surface area (Å²) in [5.74, 6) is 0.414. The number of aromatic hydroxyl groups is 1. The number of rotatable bonds is 2. The molecule has 0 bridgehead atoms. The first-order valence-corrected chi connectivity index (χ1v) is 8.68. The van der Waals surface area contributed by atoms with Crippen LogP contribution in [0, 0.1) is 0 Å². The summed E-state index contributed by atoms with van der Waals surface area (Å²) in [6.07, 6.45) is 0.843. The second kappa shape index (κ2) is 5.80. The number of nitrogens with one attached hydrogen (secondary N) is 1. The molecule has 1 aliphatic heterocycles. The Bertz CT molecular complexity index is 547. The quantitative estimate of drug-likeness (QED) is 0.851. The van der Waals surface area contributed by atoms with Crippen molar-refractivity contribution in [2.75, 3.05) is 6.54 Å². The van der Waals surface area contributed by atoms with E-state index in [1.807, 2.05) is 0 Å². The highest BCUT2D eigenvalue weighted by molar-refractivity contribution is 8.14. The molecule has 4 heteroatoms. The van der Waals surface area contributed by atoms with Crippen LogP contribution in [0.3, 0.4) is 0 Å². The minimum absolute atomic E-state index is 0.0656. The first kappa shape index (κ1) is 17.2. The van der Waals surface area contributed by atoms with E-state index in [1.54, 1.807) is 0 Å². The normalized spacial score (nSPS) is 19.4. The number of hydrogen-bond acceptors (Lipinski definition) is 3. The summed E-state index contributed by atoms with van der Waals surface area (Å²) in [4.78, 5) is 11.4. The average molecular weight is 321 g/mol. The third-order valence-electron chi connectivity index (χ3n) is 4.00. The highest BCUT2D eigenvalue weighted by Crippen LogP contribution is 2.40. The molecule has 1 heterocycles. The van der Waals surface area contributed by atoms with Gasteiger partial charge in [0.05, 0.1) is 0 Å². The Kier molecular flexibility index (Phi) is 4.54. The molecular weight excluding hydrogens is 294 g/mol. The van der Waals surface area contributed by atoms with Crippen molar-refractivity contribution in [3.05, 3.63) is 28.8 Å². The highest BCUT2D eigenvalue weighted by Gasteiger charge is 2.28. The van der Waals surface area contributed by atoms with Gasteiger partial charge in [-0.05, 0) is 33.9 Å². The lowest BCUT2D eigenvalue weighted by atomic mass is 9.78. The summed E-state index contributed by atoms with van der Waals surface area (Å²) in [6.45, 7) is 13.4. The van der Waals surface area contributed by atoms with Crippen LogP contribution in [0.4, 0.5) is 4.79 Å². The SMILES string of the molecule is CC(C)(C)c1cc(CC2CNC(=O)S2)cc(C(C)(C)C)c1O. The van der Waals surface area contributed by atoms with E-state index >= 15 is 0 Å². The Morgan fingerprint density at radius 2 is 1.64 bits per heavy atom. The first-order valence-electron chi connectivity index (χ1n) is 7.80. The molecule has 0 saturated carbocycles. The van der Waals surface area contributed by atoms with E-state index in [4.69, 9.17) is 0 Å². The molecule has 0 radical (unpaired) electrons. The Balaban J connectivity index is 2.44. The average Bonchev–Trinajstić information content (AvgIpc) is 2.74. The summed E-state index contributed by atoms with van der Waals surface area (Å²) in [7, 11) is 0. The van der Waals surface area contributed by atoms with Gasteiger partial charge in [0.25, 0.3) is 5.24 Å². The summed E-state index contributed by atoms with van der Waals surface area (Å²) in [6, 6.07) is 4.21. The topological polar surface area (TPSA) is 49.3 Å². The molecule has 0 aliphatic carbocycles. The van der Waals surface area contributed by atoms with Crippen molar-refractivity contribution in [3.63, 3.8) is 0 Å². The van der Waals surface area contributed by atoms with E-state index in [-0.39, 0.29) is 21.3 Å². The maximum atomic E-state index is 11.4. The molecule has 1 saturated heterocycles. The van der Waals surface area contributed by atoms with Gasteiger partial charge in [-0.3, -0.25) is 4.79 Å². The smallest absolute Gasteiger partial charge is 0.279 e. The molecule has 1 amide bonds. The zero-order valence-corrected chi connectivity index (χ0v) is 15.2. The number of carbonyl (C=O) groups is 1. The number of hydrogen-bond donors (Lipinski definition) is 2. The largest absolute Gasteiger partial charge is 0.507 e. The van der Waals surface area contributed by atoms with Crippen molar-refractivity contribution in [2.45, 2.75) is 64.0 Å². The second-order valence-electron chi connectivity index (χ2n) is 8.15. The lowest BCUT2D eigenvalue weighted by Crippen LogP contribution is -2.20. The maximum absolute atomic E-state index is 11.4. The van der Waals surface area contributed by atoms with Crippen LogP contribution in [0.2, 0.25) is 0 Å². The lowest BCUT2D eigenvalue weighted by molar-refractivity contribution is 0.262. The Hall–Kier alpha value is -1.16. The Morgan fingerprint density at radius 3 is 2.00 bits per heavy atom. The van der Waals surface area contributed by atoms with E-state index in [1.165, 1.54) is 17.3 Å². The van der Waals surface area contributed by atoms with E-state index in [9.17, 15) is 9.90 Å². The van der Waals surface area contributed by atoms with Crippen molar-refractivity contribution >= 4 is 17.0 Å². The van der Waals surface area contributed by atoms with Crippen molar-refractivity contribution in [1.82, 2.24) is 5.32 Å². The number of carbonyl (C=O) groups excluding carboxylic acids is 1. The van der Waals surface area contributed by atoms with Gasteiger partial charge in [0, 0.05) is 11.8 Å². The second-order valence-corrected chi connectivity index (χ2v) is 9.43. The molecule has 0 spiro atoms. The lowest BCUT2D eigenvalue weighted by Gasteiger charge is -2.28. The van der Waals surface area contributed by atoms with Crippen LogP contribution in [-0.4, -0.2) is 22.1 Å². The Labute approximate surface area is 137 Å². The monoisotopic (exact) mass is 321 g/mol. The van der Waals surface area contributed by atoms with Gasteiger partial charge < -0.3 is 10.4 Å². The fraction of sp³-hybridized carbons (Fsp3) is 0.611. The van der Waals surface area contributed by atoms with Crippen LogP contribution < -0.4 is 5.32 Å². The third-order valence-corrected chi connectivity index (χ3v) is 5.02. The van der Waals surface area contributed by atoms with Crippen LogP contribution in [0.1, 0.15) is 58.2 Å². The van der Waals surface area contributed by atoms with E-state index in [0.29, 0.717) is 5.75 Å². The third kappa shape index (κ3) is 3.78. The van der Waals surface area contributed by atoms with E-state index in [2.05, 4.69) is 59.0 Å². The molecule has 0 aromatic heterocycles. The molecule has 2 rings (SSSR count). The predicted octanol–water partition coefficient (Wildman–Crippen LogP) is 4.35. The molecule has 1 aromatic rings. The minimum atomic E-state index is -0.114. The van der Waals surface area contributed by atoms with Crippen LogP contribution in [0.25, 0.3) is 0 Å². The van der Waals surface area contributed by atoms with Gasteiger partial charge in [0.2, 0.25) is 0 Å². The molecule has 1 fully saturated rings. The van der Waals surface area contributed by atoms with Gasteiger partial charge in [-0.15, -0.1) is 0 Å². The number of amides is 1. The molecule has 22 heavy (non-hydrogen) atoms. The van der Waals surface area contributed by atoms with Crippen LogP contribution >= 0.6 is 11.8 Å². The van der Waals surface area contributed by atoms with Gasteiger partial charge >= 0.3 is 0 Å². The van der Waals surface area contributed by atoms with Gasteiger partial charge in [-0.25, -0.2) is 0 Å². The molecule has 1 atom stereocenters. The summed E-state index contributed by atoms with van der Waals surface area (Å²) < 4.78 is 0. The number of phenols is 1. The van der Waals surface area contributed by atoms with Crippen molar-refractivity contribution < 1.29 is 9.90 Å². The summed E-state index contributed by atoms with van der Waals surface area (Å²) in [5, 5.41) is 13.9. The van der Waals surface area contributed by atoms with E-state index < -0.39 is 0 Å². The maximum Gasteiger partial charge on any atom is 0.279 e. The zero-order valence-electron chi connectivity index (χ0n) is 14.4. The van der Waals surface area contributed by atoms with Gasteiger partial charge in [-0.1, -0.05) is 65.4 Å². The zero-order chi connectivity index (χ0) is 16.7. The van der Waals surface area contributed by atoms with Gasteiger partial charge in [0.15, 0.2) is 0 Å². The van der Waals surface area contributed by atoms with Crippen molar-refractivity contribution in [2.24, 2.45) is 0 Å². The summed E-state index contributed by atoms with van der Waals surface area (Å²) >= 11 is 1.38. The minimum Gasteiger partial charge on any atom is -0.507 e. The fourth-order valence-electron chi connectivity index (χ4n) is 2.76. The number of benzene rings is 1. The standard InChI is InChI=1S/C18H27NO2S/c1-17(2,3)13-8-11(7-12-10-19-16(21)22-12)9-14(15(13)20)18(4,5)6/h8-9,12,20H,7,10H2,1-6H3,(H,19,21). The highest BCUT2D eigenvalue weighted by atomic mass is 32.2. The molecule has 1 aromatic carbocycles. The van der Waals surface area contributed by atoms with Crippen LogP contribution in [0.15, 0.2) is 12.1 Å². The fourth-order valence-corrected chi connectivity index (χ4v) is 3.68. The molecule has 3 nitrogen and oxygen atoms in total. The Morgan fingerprint density at radius 1 is 1.14 bits per heavy atom. The predicted molar refractivity (Wildman–Crippen MR) is 94.0 cm³/mol. The van der Waals surface area contributed by atoms with Crippen molar-refractivity contribution in [3.8, 4) is 5.75 Å². The number of phenolic OH excluding ortho intramolecular Hbond substituents is 1. The van der Waals surface area contributed by atoms with Gasteiger partial charge in [0.1, 0.15) is 5.75 Å². The van der Waals surface area contributed by atoms with Crippen molar-refractivity contribution in [1.29, 1.82) is 0 Å². The summed E-state index contributed by atoms with van der Waals surface area (Å²) in [5.41, 5.74) is 2.93. The van der Waals surface area contributed by atoms with Crippen LogP contribution in [-0.2, 0) is 17.3 Å². The van der Waals surface area contributed by atoms with Gasteiger partial charge in [-0.2, -0.15) is 0 Å². The number of thioether (sulfide) groups is 1. The first-order chi connectivity index (χ1) is 9.98.